The van der Waals surface area contributed by atoms with Crippen molar-refractivity contribution in [2.75, 3.05) is 32.7 Å². The van der Waals surface area contributed by atoms with E-state index in [1.807, 2.05) is 50.8 Å². The van der Waals surface area contributed by atoms with Gasteiger partial charge in [0.2, 0.25) is 5.91 Å². The molecule has 27 heavy (non-hydrogen) atoms. The Bertz CT molecular complexity index is 855. The van der Waals surface area contributed by atoms with E-state index < -0.39 is 0 Å². The van der Waals surface area contributed by atoms with Crippen LogP contribution in [0.5, 0.6) is 0 Å². The van der Waals surface area contributed by atoms with E-state index in [2.05, 4.69) is 21.3 Å². The molecule has 144 valence electrons. The van der Waals surface area contributed by atoms with Crippen molar-refractivity contribution in [1.29, 1.82) is 0 Å². The van der Waals surface area contributed by atoms with Gasteiger partial charge in [-0.3, -0.25) is 19.5 Å². The largest absolute Gasteiger partial charge is 0.353 e. The Labute approximate surface area is 160 Å². The van der Waals surface area contributed by atoms with E-state index in [-0.39, 0.29) is 17.9 Å². The number of carbonyl (C=O) groups excluding carboxylic acids is 2. The highest BCUT2D eigenvalue weighted by molar-refractivity contribution is 5.98. The SMILES string of the molecule is Cc1ccc2nc(C)c(C(=O)N3CCN(CC(=O)NC(C)C)CC3)cc2c1. The highest BCUT2D eigenvalue weighted by Gasteiger charge is 2.25. The summed E-state index contributed by atoms with van der Waals surface area (Å²) in [4.78, 5) is 33.5. The maximum Gasteiger partial charge on any atom is 0.255 e. The molecule has 2 aromatic rings. The van der Waals surface area contributed by atoms with E-state index in [9.17, 15) is 9.59 Å². The van der Waals surface area contributed by atoms with Crippen molar-refractivity contribution >= 4 is 22.7 Å². The number of carbonyl (C=O) groups is 2. The van der Waals surface area contributed by atoms with Gasteiger partial charge in [-0.1, -0.05) is 11.6 Å². The Hall–Kier alpha value is -2.47. The van der Waals surface area contributed by atoms with Crippen molar-refractivity contribution < 1.29 is 9.59 Å². The molecule has 6 heteroatoms. The fourth-order valence-electron chi connectivity index (χ4n) is 3.46. The molecule has 2 heterocycles. The molecule has 0 saturated carbocycles. The van der Waals surface area contributed by atoms with Gasteiger partial charge in [0.25, 0.3) is 5.91 Å². The number of amides is 2. The van der Waals surface area contributed by atoms with Crippen LogP contribution in [0, 0.1) is 13.8 Å². The van der Waals surface area contributed by atoms with Crippen LogP contribution in [-0.4, -0.2) is 65.4 Å². The van der Waals surface area contributed by atoms with E-state index >= 15 is 0 Å². The van der Waals surface area contributed by atoms with Crippen LogP contribution < -0.4 is 5.32 Å². The van der Waals surface area contributed by atoms with Crippen LogP contribution in [-0.2, 0) is 4.79 Å². The van der Waals surface area contributed by atoms with Gasteiger partial charge in [0, 0.05) is 37.6 Å². The van der Waals surface area contributed by atoms with Gasteiger partial charge in [-0.25, -0.2) is 0 Å². The Kier molecular flexibility index (Phi) is 5.75. The highest BCUT2D eigenvalue weighted by Crippen LogP contribution is 2.20. The summed E-state index contributed by atoms with van der Waals surface area (Å²) in [6.07, 6.45) is 0. The van der Waals surface area contributed by atoms with Crippen LogP contribution in [0.1, 0.15) is 35.5 Å². The first-order chi connectivity index (χ1) is 12.8. The Morgan fingerprint density at radius 3 is 2.48 bits per heavy atom. The van der Waals surface area contributed by atoms with Gasteiger partial charge in [0.05, 0.1) is 23.3 Å². The zero-order chi connectivity index (χ0) is 19.6. The maximum absolute atomic E-state index is 13.0. The van der Waals surface area contributed by atoms with Crippen molar-refractivity contribution in [2.45, 2.75) is 33.7 Å². The van der Waals surface area contributed by atoms with Crippen LogP contribution in [0.25, 0.3) is 10.9 Å². The predicted octanol–water partition coefficient (Wildman–Crippen LogP) is 2.13. The Morgan fingerprint density at radius 1 is 1.11 bits per heavy atom. The summed E-state index contributed by atoms with van der Waals surface area (Å²) >= 11 is 0. The second kappa shape index (κ2) is 8.05. The minimum Gasteiger partial charge on any atom is -0.353 e. The number of aromatic nitrogens is 1. The monoisotopic (exact) mass is 368 g/mol. The van der Waals surface area contributed by atoms with Gasteiger partial charge in [-0.15, -0.1) is 0 Å². The molecule has 1 aliphatic rings. The standard InChI is InChI=1S/C21H28N4O2/c1-14(2)22-20(26)13-24-7-9-25(10-8-24)21(27)18-12-17-11-15(3)5-6-19(17)23-16(18)4/h5-6,11-12,14H,7-10,13H2,1-4H3,(H,22,26). The normalized spacial score (nSPS) is 15.4. The second-order valence-corrected chi connectivity index (χ2v) is 7.61. The molecule has 0 spiro atoms. The summed E-state index contributed by atoms with van der Waals surface area (Å²) in [7, 11) is 0. The summed E-state index contributed by atoms with van der Waals surface area (Å²) in [6, 6.07) is 8.18. The second-order valence-electron chi connectivity index (χ2n) is 7.61. The number of piperazine rings is 1. The maximum atomic E-state index is 13.0. The Balaban J connectivity index is 1.66. The molecule has 1 saturated heterocycles. The lowest BCUT2D eigenvalue weighted by molar-refractivity contribution is -0.123. The van der Waals surface area contributed by atoms with Crippen LogP contribution in [0.15, 0.2) is 24.3 Å². The first kappa shape index (κ1) is 19.3. The lowest BCUT2D eigenvalue weighted by Gasteiger charge is -2.34. The first-order valence-electron chi connectivity index (χ1n) is 9.52. The van der Waals surface area contributed by atoms with Crippen molar-refractivity contribution in [1.82, 2.24) is 20.1 Å². The molecule has 1 aromatic heterocycles. The predicted molar refractivity (Wildman–Crippen MR) is 107 cm³/mol. The van der Waals surface area contributed by atoms with Crippen LogP contribution in [0.3, 0.4) is 0 Å². The molecule has 1 N–H and O–H groups in total. The number of benzene rings is 1. The van der Waals surface area contributed by atoms with Crippen molar-refractivity contribution in [2.24, 2.45) is 0 Å². The van der Waals surface area contributed by atoms with Crippen LogP contribution >= 0.6 is 0 Å². The van der Waals surface area contributed by atoms with Gasteiger partial charge in [-0.05, 0) is 45.9 Å². The van der Waals surface area contributed by atoms with Crippen molar-refractivity contribution in [3.63, 3.8) is 0 Å². The summed E-state index contributed by atoms with van der Waals surface area (Å²) in [6.45, 7) is 10.9. The average Bonchev–Trinajstić information content (AvgIpc) is 2.61. The summed E-state index contributed by atoms with van der Waals surface area (Å²) in [5, 5.41) is 3.90. The van der Waals surface area contributed by atoms with E-state index in [1.54, 1.807) is 0 Å². The number of nitrogens with one attached hydrogen (secondary N) is 1. The fraction of sp³-hybridized carbons (Fsp3) is 0.476. The summed E-state index contributed by atoms with van der Waals surface area (Å²) in [5.41, 5.74) is 3.49. The lowest BCUT2D eigenvalue weighted by Crippen LogP contribution is -2.51. The van der Waals surface area contributed by atoms with E-state index in [1.165, 1.54) is 0 Å². The topological polar surface area (TPSA) is 65.5 Å². The molecule has 0 unspecified atom stereocenters. The molecular formula is C21H28N4O2. The smallest absolute Gasteiger partial charge is 0.255 e. The lowest BCUT2D eigenvalue weighted by atomic mass is 10.1. The van der Waals surface area contributed by atoms with E-state index in [4.69, 9.17) is 0 Å². The summed E-state index contributed by atoms with van der Waals surface area (Å²) in [5.74, 6) is 0.0596. The zero-order valence-corrected chi connectivity index (χ0v) is 16.6. The van der Waals surface area contributed by atoms with Gasteiger partial charge < -0.3 is 10.2 Å². The number of fused-ring (bicyclic) bond motifs is 1. The molecule has 0 atom stereocenters. The first-order valence-corrected chi connectivity index (χ1v) is 9.52. The number of hydrogen-bond donors (Lipinski definition) is 1. The van der Waals surface area contributed by atoms with Gasteiger partial charge in [0.15, 0.2) is 0 Å². The van der Waals surface area contributed by atoms with E-state index in [0.29, 0.717) is 38.3 Å². The minimum atomic E-state index is 0.0229. The van der Waals surface area contributed by atoms with Crippen molar-refractivity contribution in [3.8, 4) is 0 Å². The highest BCUT2D eigenvalue weighted by atomic mass is 16.2. The molecule has 0 bridgehead atoms. The zero-order valence-electron chi connectivity index (χ0n) is 16.6. The molecule has 6 nitrogen and oxygen atoms in total. The van der Waals surface area contributed by atoms with Gasteiger partial charge >= 0.3 is 0 Å². The number of aryl methyl sites for hydroxylation is 2. The van der Waals surface area contributed by atoms with Crippen LogP contribution in [0.2, 0.25) is 0 Å². The third-order valence-electron chi connectivity index (χ3n) is 4.87. The Morgan fingerprint density at radius 2 is 1.81 bits per heavy atom. The molecule has 3 rings (SSSR count). The molecule has 1 aliphatic heterocycles. The van der Waals surface area contributed by atoms with Gasteiger partial charge in [-0.2, -0.15) is 0 Å². The molecule has 1 aromatic carbocycles. The molecule has 1 fully saturated rings. The van der Waals surface area contributed by atoms with Gasteiger partial charge in [0.1, 0.15) is 0 Å². The number of hydrogen-bond acceptors (Lipinski definition) is 4. The fourth-order valence-corrected chi connectivity index (χ4v) is 3.46. The molecule has 0 aliphatic carbocycles. The molecule has 0 radical (unpaired) electrons. The molecule has 2 amide bonds. The average molecular weight is 368 g/mol. The van der Waals surface area contributed by atoms with E-state index in [0.717, 1.165) is 22.2 Å². The van der Waals surface area contributed by atoms with Crippen molar-refractivity contribution in [3.05, 3.63) is 41.1 Å². The summed E-state index contributed by atoms with van der Waals surface area (Å²) < 4.78 is 0. The minimum absolute atomic E-state index is 0.0229. The molecular weight excluding hydrogens is 340 g/mol. The third kappa shape index (κ3) is 4.63. The third-order valence-corrected chi connectivity index (χ3v) is 4.87. The number of nitrogens with zero attached hydrogens (tertiary/aromatic N) is 3. The van der Waals surface area contributed by atoms with Crippen LogP contribution in [0.4, 0.5) is 0 Å². The quantitative estimate of drug-likeness (QED) is 0.898. The number of rotatable bonds is 4. The number of pyridine rings is 1.